The Labute approximate surface area is 134 Å². The van der Waals surface area contributed by atoms with Gasteiger partial charge in [-0.2, -0.15) is 5.26 Å². The first-order chi connectivity index (χ1) is 11.4. The molecule has 0 radical (unpaired) electrons. The van der Waals surface area contributed by atoms with Crippen LogP contribution in [0.5, 0.6) is 5.75 Å². The molecule has 8 heteroatoms. The van der Waals surface area contributed by atoms with Gasteiger partial charge in [0.15, 0.2) is 23.3 Å². The van der Waals surface area contributed by atoms with Crippen molar-refractivity contribution in [1.82, 2.24) is 0 Å². The molecule has 0 heterocycles. The Morgan fingerprint density at radius 3 is 2.29 bits per heavy atom. The van der Waals surface area contributed by atoms with Crippen LogP contribution < -0.4 is 10.1 Å². The summed E-state index contributed by atoms with van der Waals surface area (Å²) in [5.74, 6) is -4.07. The zero-order chi connectivity index (χ0) is 17.7. The Kier molecular flexibility index (Phi) is 5.60. The van der Waals surface area contributed by atoms with Gasteiger partial charge in [-0.1, -0.05) is 0 Å². The lowest BCUT2D eigenvalue weighted by Crippen LogP contribution is -2.27. The second-order valence-corrected chi connectivity index (χ2v) is 4.85. The minimum absolute atomic E-state index is 0.00341. The van der Waals surface area contributed by atoms with Gasteiger partial charge in [0.1, 0.15) is 24.1 Å². The Morgan fingerprint density at radius 2 is 1.71 bits per heavy atom. The van der Waals surface area contributed by atoms with Crippen molar-refractivity contribution >= 4 is 5.69 Å². The van der Waals surface area contributed by atoms with Gasteiger partial charge < -0.3 is 15.2 Å². The number of aliphatic hydroxyl groups excluding tert-OH is 1. The van der Waals surface area contributed by atoms with Crippen LogP contribution in [0.3, 0.4) is 0 Å². The molecule has 2 rings (SSSR count). The van der Waals surface area contributed by atoms with Crippen LogP contribution in [-0.2, 0) is 0 Å². The molecule has 0 fully saturated rings. The lowest BCUT2D eigenvalue weighted by atomic mass is 10.2. The number of halogens is 4. The average Bonchev–Trinajstić information content (AvgIpc) is 2.55. The van der Waals surface area contributed by atoms with Gasteiger partial charge in [0.05, 0.1) is 11.6 Å². The van der Waals surface area contributed by atoms with E-state index in [9.17, 15) is 22.7 Å². The number of nitrogens with zero attached hydrogens (tertiary/aromatic N) is 1. The normalized spacial score (nSPS) is 11.7. The SMILES string of the molecule is N#Cc1cc(F)c(NC[C@@H](O)COc2ccc(F)c(F)c2)c(F)c1. The summed E-state index contributed by atoms with van der Waals surface area (Å²) < 4.78 is 58.1. The van der Waals surface area contributed by atoms with Gasteiger partial charge in [0.2, 0.25) is 0 Å². The summed E-state index contributed by atoms with van der Waals surface area (Å²) in [6.07, 6.45) is -1.17. The van der Waals surface area contributed by atoms with Gasteiger partial charge in [-0.05, 0) is 24.3 Å². The summed E-state index contributed by atoms with van der Waals surface area (Å²) in [6, 6.07) is 6.19. The molecule has 0 aliphatic heterocycles. The van der Waals surface area contributed by atoms with E-state index in [0.717, 1.165) is 24.3 Å². The third-order valence-electron chi connectivity index (χ3n) is 3.02. The standard InChI is InChI=1S/C16H12F4N2O2/c17-12-2-1-11(5-13(12)18)24-8-10(23)7-22-16-14(19)3-9(6-21)4-15(16)20/h1-5,10,22-23H,7-8H2/t10-/m1/s1. The Morgan fingerprint density at radius 1 is 1.04 bits per heavy atom. The maximum atomic E-state index is 13.6. The Balaban J connectivity index is 1.90. The Hall–Kier alpha value is -2.79. The second kappa shape index (κ2) is 7.66. The summed E-state index contributed by atoms with van der Waals surface area (Å²) in [6.45, 7) is -0.568. The molecule has 0 bridgehead atoms. The highest BCUT2D eigenvalue weighted by atomic mass is 19.2. The van der Waals surface area contributed by atoms with E-state index in [1.54, 1.807) is 6.07 Å². The summed E-state index contributed by atoms with van der Waals surface area (Å²) >= 11 is 0. The van der Waals surface area contributed by atoms with Crippen molar-refractivity contribution in [3.05, 3.63) is 59.2 Å². The smallest absolute Gasteiger partial charge is 0.162 e. The maximum Gasteiger partial charge on any atom is 0.162 e. The van der Waals surface area contributed by atoms with Crippen LogP contribution >= 0.6 is 0 Å². The lowest BCUT2D eigenvalue weighted by molar-refractivity contribution is 0.117. The Bertz CT molecular complexity index is 754. The molecular weight excluding hydrogens is 328 g/mol. The van der Waals surface area contributed by atoms with Crippen molar-refractivity contribution < 1.29 is 27.4 Å². The molecule has 2 aromatic carbocycles. The van der Waals surface area contributed by atoms with Crippen LogP contribution in [0.1, 0.15) is 5.56 Å². The van der Waals surface area contributed by atoms with E-state index in [-0.39, 0.29) is 24.5 Å². The number of benzene rings is 2. The number of nitriles is 1. The quantitative estimate of drug-likeness (QED) is 0.794. The molecule has 0 aliphatic rings. The van der Waals surface area contributed by atoms with Crippen LogP contribution in [0, 0.1) is 34.6 Å². The van der Waals surface area contributed by atoms with Crippen molar-refractivity contribution in [3.8, 4) is 11.8 Å². The summed E-state index contributed by atoms with van der Waals surface area (Å²) in [5.41, 5.74) is -0.654. The van der Waals surface area contributed by atoms with E-state index in [0.29, 0.717) is 0 Å². The first kappa shape index (κ1) is 17.6. The topological polar surface area (TPSA) is 65.3 Å². The van der Waals surface area contributed by atoms with Crippen LogP contribution in [0.25, 0.3) is 0 Å². The molecule has 24 heavy (non-hydrogen) atoms. The highest BCUT2D eigenvalue weighted by Gasteiger charge is 2.13. The minimum Gasteiger partial charge on any atom is -0.491 e. The number of nitrogens with one attached hydrogen (secondary N) is 1. The number of hydrogen-bond acceptors (Lipinski definition) is 4. The van der Waals surface area contributed by atoms with Gasteiger partial charge in [-0.3, -0.25) is 0 Å². The van der Waals surface area contributed by atoms with E-state index in [1.807, 2.05) is 0 Å². The van der Waals surface area contributed by atoms with Gasteiger partial charge >= 0.3 is 0 Å². The van der Waals surface area contributed by atoms with Gasteiger partial charge in [0, 0.05) is 12.6 Å². The van der Waals surface area contributed by atoms with Crippen molar-refractivity contribution in [2.45, 2.75) is 6.10 Å². The molecule has 0 unspecified atom stereocenters. The van der Waals surface area contributed by atoms with E-state index in [1.165, 1.54) is 6.07 Å². The molecule has 4 nitrogen and oxygen atoms in total. The van der Waals surface area contributed by atoms with Crippen molar-refractivity contribution in [2.24, 2.45) is 0 Å². The molecule has 0 aromatic heterocycles. The molecule has 2 N–H and O–H groups in total. The van der Waals surface area contributed by atoms with Crippen molar-refractivity contribution in [1.29, 1.82) is 5.26 Å². The van der Waals surface area contributed by atoms with Crippen molar-refractivity contribution in [2.75, 3.05) is 18.5 Å². The fourth-order valence-corrected chi connectivity index (χ4v) is 1.84. The second-order valence-electron chi connectivity index (χ2n) is 4.85. The highest BCUT2D eigenvalue weighted by molar-refractivity contribution is 5.50. The van der Waals surface area contributed by atoms with Gasteiger partial charge in [-0.25, -0.2) is 17.6 Å². The van der Waals surface area contributed by atoms with Gasteiger partial charge in [-0.15, -0.1) is 0 Å². The molecular formula is C16H12F4N2O2. The van der Waals surface area contributed by atoms with Crippen LogP contribution in [0.15, 0.2) is 30.3 Å². The fourth-order valence-electron chi connectivity index (χ4n) is 1.84. The monoisotopic (exact) mass is 340 g/mol. The number of aliphatic hydroxyl groups is 1. The first-order valence-electron chi connectivity index (χ1n) is 6.79. The fraction of sp³-hybridized carbons (Fsp3) is 0.188. The van der Waals surface area contributed by atoms with E-state index < -0.39 is 35.1 Å². The van der Waals surface area contributed by atoms with E-state index in [2.05, 4.69) is 5.32 Å². The predicted octanol–water partition coefficient (Wildman–Crippen LogP) is 2.97. The number of anilines is 1. The van der Waals surface area contributed by atoms with Crippen LogP contribution in [0.2, 0.25) is 0 Å². The van der Waals surface area contributed by atoms with E-state index >= 15 is 0 Å². The minimum atomic E-state index is -1.17. The van der Waals surface area contributed by atoms with Crippen LogP contribution in [-0.4, -0.2) is 24.4 Å². The maximum absolute atomic E-state index is 13.6. The molecule has 0 aliphatic carbocycles. The van der Waals surface area contributed by atoms with Gasteiger partial charge in [0.25, 0.3) is 0 Å². The lowest BCUT2D eigenvalue weighted by Gasteiger charge is -2.15. The zero-order valence-electron chi connectivity index (χ0n) is 12.2. The third-order valence-corrected chi connectivity index (χ3v) is 3.02. The van der Waals surface area contributed by atoms with Crippen LogP contribution in [0.4, 0.5) is 23.2 Å². The predicted molar refractivity (Wildman–Crippen MR) is 77.4 cm³/mol. The largest absolute Gasteiger partial charge is 0.491 e. The molecule has 0 spiro atoms. The molecule has 1 atom stereocenters. The molecule has 0 amide bonds. The number of rotatable bonds is 6. The van der Waals surface area contributed by atoms with Crippen molar-refractivity contribution in [3.63, 3.8) is 0 Å². The highest BCUT2D eigenvalue weighted by Crippen LogP contribution is 2.20. The molecule has 0 saturated carbocycles. The number of hydrogen-bond donors (Lipinski definition) is 2. The van der Waals surface area contributed by atoms with E-state index in [4.69, 9.17) is 10.00 Å². The molecule has 0 saturated heterocycles. The summed E-state index contributed by atoms with van der Waals surface area (Å²) in [7, 11) is 0. The molecule has 126 valence electrons. The average molecular weight is 340 g/mol. The zero-order valence-corrected chi connectivity index (χ0v) is 12.2. The summed E-state index contributed by atoms with van der Waals surface area (Å²) in [5, 5.41) is 20.7. The summed E-state index contributed by atoms with van der Waals surface area (Å²) in [4.78, 5) is 0. The third kappa shape index (κ3) is 4.36. The number of ether oxygens (including phenoxy) is 1. The first-order valence-corrected chi connectivity index (χ1v) is 6.79. The molecule has 2 aromatic rings.